The zero-order valence-corrected chi connectivity index (χ0v) is 14.2. The molecule has 1 aliphatic carbocycles. The fourth-order valence-corrected chi connectivity index (χ4v) is 2.89. The van der Waals surface area contributed by atoms with Crippen LogP contribution in [0.3, 0.4) is 0 Å². The molecule has 1 aliphatic rings. The van der Waals surface area contributed by atoms with E-state index < -0.39 is 0 Å². The zero-order chi connectivity index (χ0) is 17.9. The Kier molecular flexibility index (Phi) is 4.35. The minimum absolute atomic E-state index is 0.121. The molecule has 7 nitrogen and oxygen atoms in total. The normalized spacial score (nSPS) is 13.5. The van der Waals surface area contributed by atoms with Gasteiger partial charge in [0.15, 0.2) is 5.82 Å². The molecule has 3 aromatic rings. The Hall–Kier alpha value is -3.22. The van der Waals surface area contributed by atoms with Crippen molar-refractivity contribution in [3.05, 3.63) is 70.9 Å². The first-order valence-electron chi connectivity index (χ1n) is 8.67. The number of pyridine rings is 1. The van der Waals surface area contributed by atoms with Crippen LogP contribution in [-0.4, -0.2) is 31.8 Å². The maximum atomic E-state index is 12.7. The molecule has 2 aromatic heterocycles. The van der Waals surface area contributed by atoms with Gasteiger partial charge in [0, 0.05) is 36.1 Å². The van der Waals surface area contributed by atoms with E-state index in [1.807, 2.05) is 30.3 Å². The molecule has 2 heterocycles. The van der Waals surface area contributed by atoms with Crippen molar-refractivity contribution in [2.45, 2.75) is 25.4 Å². The molecule has 1 amide bonds. The minimum atomic E-state index is -0.189. The Labute approximate surface area is 150 Å². The summed E-state index contributed by atoms with van der Waals surface area (Å²) in [5, 5.41) is 7.33. The Morgan fingerprint density at radius 1 is 1.12 bits per heavy atom. The number of carbonyl (C=O) groups excluding carboxylic acids is 1. The molecule has 132 valence electrons. The predicted octanol–water partition coefficient (Wildman–Crippen LogP) is 1.87. The van der Waals surface area contributed by atoms with Gasteiger partial charge in [0.05, 0.1) is 6.54 Å². The molecule has 0 saturated heterocycles. The van der Waals surface area contributed by atoms with Crippen LogP contribution >= 0.6 is 0 Å². The second-order valence-corrected chi connectivity index (χ2v) is 6.29. The van der Waals surface area contributed by atoms with E-state index in [0.717, 1.165) is 18.4 Å². The number of amides is 1. The summed E-state index contributed by atoms with van der Waals surface area (Å²) in [4.78, 5) is 28.7. The van der Waals surface area contributed by atoms with Crippen LogP contribution in [0, 0.1) is 0 Å². The second kappa shape index (κ2) is 6.95. The largest absolute Gasteiger partial charge is 0.350 e. The molecule has 0 spiro atoms. The highest BCUT2D eigenvalue weighted by molar-refractivity contribution is 5.93. The third-order valence-electron chi connectivity index (χ3n) is 4.37. The molecule has 0 atom stereocenters. The van der Waals surface area contributed by atoms with E-state index in [1.54, 1.807) is 29.1 Å². The Balaban J connectivity index is 1.51. The van der Waals surface area contributed by atoms with Crippen molar-refractivity contribution in [2.75, 3.05) is 6.54 Å². The summed E-state index contributed by atoms with van der Waals surface area (Å²) in [5.41, 5.74) is 1.35. The summed E-state index contributed by atoms with van der Waals surface area (Å²) >= 11 is 0. The lowest BCUT2D eigenvalue weighted by Gasteiger charge is -2.04. The third kappa shape index (κ3) is 3.28. The molecule has 0 aliphatic heterocycles. The molecule has 7 heteroatoms. The summed E-state index contributed by atoms with van der Waals surface area (Å²) in [7, 11) is 0. The van der Waals surface area contributed by atoms with Gasteiger partial charge in [-0.05, 0) is 25.0 Å². The molecule has 4 rings (SSSR count). The third-order valence-corrected chi connectivity index (χ3v) is 4.37. The van der Waals surface area contributed by atoms with Gasteiger partial charge in [-0.3, -0.25) is 14.3 Å². The predicted molar refractivity (Wildman–Crippen MR) is 96.8 cm³/mol. The average Bonchev–Trinajstić information content (AvgIpc) is 3.47. The van der Waals surface area contributed by atoms with Gasteiger partial charge in [0.1, 0.15) is 0 Å². The van der Waals surface area contributed by atoms with Crippen molar-refractivity contribution >= 4 is 5.91 Å². The summed E-state index contributed by atoms with van der Waals surface area (Å²) < 4.78 is 3.22. The standard InChI is InChI=1S/C19H19N5O2/c25-18(15-8-10-20-11-9-15)21-12-13-23-19(26)24(16-6-7-16)17(22-23)14-4-2-1-3-5-14/h1-5,8-11,16H,6-7,12-13H2,(H,21,25). The van der Waals surface area contributed by atoms with Crippen LogP contribution < -0.4 is 11.0 Å². The Morgan fingerprint density at radius 2 is 1.85 bits per heavy atom. The lowest BCUT2D eigenvalue weighted by Crippen LogP contribution is -2.32. The quantitative estimate of drug-likeness (QED) is 0.737. The number of nitrogens with one attached hydrogen (secondary N) is 1. The number of carbonyl (C=O) groups is 1. The van der Waals surface area contributed by atoms with E-state index in [2.05, 4.69) is 15.4 Å². The highest BCUT2D eigenvalue weighted by atomic mass is 16.2. The topological polar surface area (TPSA) is 81.8 Å². The fourth-order valence-electron chi connectivity index (χ4n) is 2.89. The molecule has 0 radical (unpaired) electrons. The first-order valence-corrected chi connectivity index (χ1v) is 8.67. The van der Waals surface area contributed by atoms with Crippen molar-refractivity contribution in [1.29, 1.82) is 0 Å². The van der Waals surface area contributed by atoms with E-state index in [0.29, 0.717) is 24.5 Å². The van der Waals surface area contributed by atoms with E-state index in [-0.39, 0.29) is 17.6 Å². The van der Waals surface area contributed by atoms with Gasteiger partial charge in [-0.25, -0.2) is 9.48 Å². The molecule has 1 aromatic carbocycles. The molecule has 26 heavy (non-hydrogen) atoms. The number of nitrogens with zero attached hydrogens (tertiary/aromatic N) is 4. The van der Waals surface area contributed by atoms with Crippen molar-refractivity contribution in [2.24, 2.45) is 0 Å². The number of hydrogen-bond acceptors (Lipinski definition) is 4. The molecular formula is C19H19N5O2. The van der Waals surface area contributed by atoms with Gasteiger partial charge in [-0.1, -0.05) is 30.3 Å². The average molecular weight is 349 g/mol. The summed E-state index contributed by atoms with van der Waals surface area (Å²) in [6.07, 6.45) is 5.15. The van der Waals surface area contributed by atoms with Crippen LogP contribution in [0.2, 0.25) is 0 Å². The first kappa shape index (κ1) is 16.3. The van der Waals surface area contributed by atoms with Gasteiger partial charge in [0.25, 0.3) is 5.91 Å². The molecule has 0 unspecified atom stereocenters. The second-order valence-electron chi connectivity index (χ2n) is 6.29. The number of benzene rings is 1. The van der Waals surface area contributed by atoms with Crippen molar-refractivity contribution < 1.29 is 4.79 Å². The lowest BCUT2D eigenvalue weighted by molar-refractivity contribution is 0.0951. The summed E-state index contributed by atoms with van der Waals surface area (Å²) in [6, 6.07) is 13.3. The van der Waals surface area contributed by atoms with Gasteiger partial charge in [0.2, 0.25) is 0 Å². The van der Waals surface area contributed by atoms with E-state index in [1.165, 1.54) is 4.68 Å². The highest BCUT2D eigenvalue weighted by Crippen LogP contribution is 2.36. The van der Waals surface area contributed by atoms with Crippen molar-refractivity contribution in [1.82, 2.24) is 24.6 Å². The summed E-state index contributed by atoms with van der Waals surface area (Å²) in [6.45, 7) is 0.659. The van der Waals surface area contributed by atoms with Gasteiger partial charge in [-0.15, -0.1) is 5.10 Å². The fraction of sp³-hybridized carbons (Fsp3) is 0.263. The monoisotopic (exact) mass is 349 g/mol. The SMILES string of the molecule is O=C(NCCn1nc(-c2ccccc2)n(C2CC2)c1=O)c1ccncc1. The number of rotatable bonds is 6. The van der Waals surface area contributed by atoms with Crippen LogP contribution in [-0.2, 0) is 6.54 Å². The van der Waals surface area contributed by atoms with Gasteiger partial charge >= 0.3 is 5.69 Å². The van der Waals surface area contributed by atoms with E-state index >= 15 is 0 Å². The summed E-state index contributed by atoms with van der Waals surface area (Å²) in [5.74, 6) is 0.504. The molecule has 1 N–H and O–H groups in total. The van der Waals surface area contributed by atoms with Crippen LogP contribution in [0.25, 0.3) is 11.4 Å². The minimum Gasteiger partial charge on any atom is -0.350 e. The van der Waals surface area contributed by atoms with Crippen LogP contribution in [0.15, 0.2) is 59.7 Å². The van der Waals surface area contributed by atoms with Crippen LogP contribution in [0.4, 0.5) is 0 Å². The lowest BCUT2D eigenvalue weighted by atomic mass is 10.2. The molecular weight excluding hydrogens is 330 g/mol. The van der Waals surface area contributed by atoms with Gasteiger partial charge < -0.3 is 5.32 Å². The van der Waals surface area contributed by atoms with E-state index in [9.17, 15) is 9.59 Å². The maximum absolute atomic E-state index is 12.7. The van der Waals surface area contributed by atoms with Crippen molar-refractivity contribution in [3.63, 3.8) is 0 Å². The Morgan fingerprint density at radius 3 is 2.54 bits per heavy atom. The van der Waals surface area contributed by atoms with Crippen molar-refractivity contribution in [3.8, 4) is 11.4 Å². The zero-order valence-electron chi connectivity index (χ0n) is 14.2. The first-order chi connectivity index (χ1) is 12.7. The van der Waals surface area contributed by atoms with Crippen LogP contribution in [0.1, 0.15) is 29.2 Å². The number of hydrogen-bond donors (Lipinski definition) is 1. The van der Waals surface area contributed by atoms with Crippen LogP contribution in [0.5, 0.6) is 0 Å². The number of aromatic nitrogens is 4. The molecule has 1 saturated carbocycles. The highest BCUT2D eigenvalue weighted by Gasteiger charge is 2.30. The maximum Gasteiger partial charge on any atom is 0.346 e. The smallest absolute Gasteiger partial charge is 0.346 e. The van der Waals surface area contributed by atoms with E-state index in [4.69, 9.17) is 0 Å². The molecule has 0 bridgehead atoms. The molecule has 1 fully saturated rings. The van der Waals surface area contributed by atoms with Gasteiger partial charge in [-0.2, -0.15) is 0 Å². The Bertz CT molecular complexity index is 959.